The summed E-state index contributed by atoms with van der Waals surface area (Å²) in [4.78, 5) is 15.8. The summed E-state index contributed by atoms with van der Waals surface area (Å²) in [7, 11) is 3.43. The number of carbonyl (C=O) groups is 1. The van der Waals surface area contributed by atoms with E-state index in [2.05, 4.69) is 15.3 Å². The Morgan fingerprint density at radius 3 is 2.42 bits per heavy atom. The fourth-order valence-corrected chi connectivity index (χ4v) is 4.45. The number of halogens is 5. The average Bonchev–Trinajstić information content (AvgIpc) is 3.08. The zero-order chi connectivity index (χ0) is 24.3. The van der Waals surface area contributed by atoms with Gasteiger partial charge >= 0.3 is 6.18 Å². The quantitative estimate of drug-likeness (QED) is 0.548. The van der Waals surface area contributed by atoms with E-state index in [0.717, 1.165) is 28.9 Å². The lowest BCUT2D eigenvalue weighted by atomic mass is 10.1. The molecule has 2 heterocycles. The molecule has 0 spiro atoms. The van der Waals surface area contributed by atoms with Gasteiger partial charge in [-0.2, -0.15) is 18.3 Å². The molecule has 7 nitrogen and oxygen atoms in total. The van der Waals surface area contributed by atoms with Crippen LogP contribution in [0.4, 0.5) is 18.9 Å². The number of methoxy groups -OCH3 is 1. The Morgan fingerprint density at radius 1 is 1.24 bits per heavy atom. The lowest BCUT2D eigenvalue weighted by molar-refractivity contribution is -0.142. The van der Waals surface area contributed by atoms with Gasteiger partial charge < -0.3 is 15.0 Å². The summed E-state index contributed by atoms with van der Waals surface area (Å²) >= 11 is 12.2. The van der Waals surface area contributed by atoms with Crippen LogP contribution in [0, 0.1) is 6.92 Å². The summed E-state index contributed by atoms with van der Waals surface area (Å²) in [6, 6.07) is 3.79. The molecule has 1 atom stereocenters. The minimum absolute atomic E-state index is 0.0975. The van der Waals surface area contributed by atoms with E-state index in [1.54, 1.807) is 12.0 Å². The zero-order valence-electron chi connectivity index (χ0n) is 18.5. The third-order valence-corrected chi connectivity index (χ3v) is 6.49. The molecule has 1 unspecified atom stereocenters. The lowest BCUT2D eigenvalue weighted by Gasteiger charge is -2.39. The van der Waals surface area contributed by atoms with Gasteiger partial charge in [0.25, 0.3) is 0 Å². The second-order valence-corrected chi connectivity index (χ2v) is 8.52. The third-order valence-electron chi connectivity index (χ3n) is 5.74. The van der Waals surface area contributed by atoms with Gasteiger partial charge in [0.2, 0.25) is 0 Å². The Hall–Kier alpha value is -2.01. The number of nitrogens with one attached hydrogen (secondary N) is 1. The third kappa shape index (κ3) is 5.40. The number of hydrogen-bond donors (Lipinski definition) is 1. The highest BCUT2D eigenvalue weighted by molar-refractivity contribution is 6.32. The van der Waals surface area contributed by atoms with Crippen molar-refractivity contribution < 1.29 is 22.7 Å². The molecule has 1 fully saturated rings. The molecule has 0 radical (unpaired) electrons. The molecule has 1 aromatic heterocycles. The Labute approximate surface area is 200 Å². The highest BCUT2D eigenvalue weighted by Gasteiger charge is 2.40. The van der Waals surface area contributed by atoms with Crippen LogP contribution in [-0.2, 0) is 17.4 Å². The number of piperazine rings is 1. The van der Waals surface area contributed by atoms with E-state index in [0.29, 0.717) is 43.2 Å². The lowest BCUT2D eigenvalue weighted by Crippen LogP contribution is -2.50. The first-order chi connectivity index (χ1) is 15.6. The van der Waals surface area contributed by atoms with E-state index in [9.17, 15) is 18.0 Å². The molecule has 1 aromatic carbocycles. The number of aldehydes is 1. The molecule has 0 saturated carbocycles. The second kappa shape index (κ2) is 10.5. The fourth-order valence-electron chi connectivity index (χ4n) is 3.96. The highest BCUT2D eigenvalue weighted by atomic mass is 35.5. The first kappa shape index (κ1) is 25.6. The zero-order valence-corrected chi connectivity index (χ0v) is 20.1. The summed E-state index contributed by atoms with van der Waals surface area (Å²) in [6.45, 7) is 4.19. The number of carbonyl (C=O) groups excluding carboxylic acids is 1. The second-order valence-electron chi connectivity index (χ2n) is 7.73. The molecule has 1 aliphatic heterocycles. The number of hydrogen-bond acceptors (Lipinski definition) is 6. The fraction of sp³-hybridized carbons (Fsp3) is 0.524. The van der Waals surface area contributed by atoms with E-state index in [4.69, 9.17) is 27.9 Å². The van der Waals surface area contributed by atoms with Gasteiger partial charge in [-0.3, -0.25) is 9.69 Å². The molecule has 12 heteroatoms. The summed E-state index contributed by atoms with van der Waals surface area (Å²) in [5.74, 6) is 0.564. The number of alkyl halides is 3. The van der Waals surface area contributed by atoms with Crippen LogP contribution in [0.25, 0.3) is 0 Å². The predicted octanol–water partition coefficient (Wildman–Crippen LogP) is 3.81. The minimum Gasteiger partial charge on any atom is -0.495 e. The Morgan fingerprint density at radius 2 is 1.91 bits per heavy atom. The molecule has 182 valence electrons. The monoisotopic (exact) mass is 507 g/mol. The Kier molecular flexibility index (Phi) is 8.15. The maximum atomic E-state index is 13.2. The number of ether oxygens (including phenoxy) is 1. The molecule has 0 amide bonds. The summed E-state index contributed by atoms with van der Waals surface area (Å²) in [5, 5.41) is 6.78. The van der Waals surface area contributed by atoms with Crippen molar-refractivity contribution in [2.75, 3.05) is 51.8 Å². The smallest absolute Gasteiger partial charge is 0.436 e. The van der Waals surface area contributed by atoms with E-state index in [1.807, 2.05) is 19.2 Å². The van der Waals surface area contributed by atoms with Crippen LogP contribution in [0.1, 0.15) is 23.1 Å². The van der Waals surface area contributed by atoms with Gasteiger partial charge in [-0.05, 0) is 38.6 Å². The molecule has 0 aliphatic carbocycles. The Balaban J connectivity index is 1.81. The molecule has 0 bridgehead atoms. The molecular formula is C21H26Cl2F3N5O2. The number of benzene rings is 1. The first-order valence-electron chi connectivity index (χ1n) is 10.4. The van der Waals surface area contributed by atoms with Crippen LogP contribution < -0.4 is 15.0 Å². The van der Waals surface area contributed by atoms with Crippen molar-refractivity contribution in [3.05, 3.63) is 39.1 Å². The molecule has 2 aromatic rings. The van der Waals surface area contributed by atoms with Crippen LogP contribution in [-0.4, -0.2) is 67.8 Å². The van der Waals surface area contributed by atoms with Crippen molar-refractivity contribution >= 4 is 35.2 Å². The number of nitrogens with zero attached hydrogens (tertiary/aromatic N) is 4. The van der Waals surface area contributed by atoms with Crippen LogP contribution >= 0.6 is 23.2 Å². The predicted molar refractivity (Wildman–Crippen MR) is 121 cm³/mol. The van der Waals surface area contributed by atoms with Gasteiger partial charge in [0.1, 0.15) is 5.75 Å². The first-order valence-corrected chi connectivity index (χ1v) is 11.1. The highest BCUT2D eigenvalue weighted by Crippen LogP contribution is 2.37. The van der Waals surface area contributed by atoms with Gasteiger partial charge in [0.05, 0.1) is 22.8 Å². The van der Waals surface area contributed by atoms with Crippen molar-refractivity contribution in [1.82, 2.24) is 20.0 Å². The van der Waals surface area contributed by atoms with E-state index < -0.39 is 23.1 Å². The number of anilines is 1. The van der Waals surface area contributed by atoms with Gasteiger partial charge in [-0.1, -0.05) is 23.2 Å². The van der Waals surface area contributed by atoms with Gasteiger partial charge in [0.15, 0.2) is 18.1 Å². The topological polar surface area (TPSA) is 62.6 Å². The number of aromatic nitrogens is 2. The van der Waals surface area contributed by atoms with Crippen molar-refractivity contribution in [1.29, 1.82) is 0 Å². The molecule has 3 rings (SSSR count). The largest absolute Gasteiger partial charge is 0.495 e. The Bertz CT molecular complexity index is 991. The molecular weight excluding hydrogens is 482 g/mol. The van der Waals surface area contributed by atoms with Crippen molar-refractivity contribution in [3.63, 3.8) is 0 Å². The SMILES string of the molecule is CNCCc1cc(Cl)c(OC)cc1N1CCN(C(C=O)n2nc(C(F)(F)F)c(Cl)c2C)CC1. The van der Waals surface area contributed by atoms with Crippen molar-refractivity contribution in [2.45, 2.75) is 25.7 Å². The summed E-state index contributed by atoms with van der Waals surface area (Å²) in [5.41, 5.74) is 0.946. The van der Waals surface area contributed by atoms with Crippen LogP contribution in [0.5, 0.6) is 5.75 Å². The van der Waals surface area contributed by atoms with Gasteiger partial charge in [-0.15, -0.1) is 0 Å². The number of likely N-dealkylation sites (N-methyl/N-ethyl adjacent to an activating group) is 1. The van der Waals surface area contributed by atoms with Crippen LogP contribution in [0.3, 0.4) is 0 Å². The standard InChI is InChI=1S/C21H26Cl2F3N5O2/c1-13-19(23)20(21(24,25)26)28-31(13)18(12-32)30-8-6-29(7-9-30)16-11-17(33-3)15(22)10-14(16)4-5-27-2/h10-12,18,27H,4-9H2,1-3H3. The average molecular weight is 508 g/mol. The van der Waals surface area contributed by atoms with E-state index in [-0.39, 0.29) is 5.69 Å². The molecule has 33 heavy (non-hydrogen) atoms. The van der Waals surface area contributed by atoms with Crippen molar-refractivity contribution in [3.8, 4) is 5.75 Å². The van der Waals surface area contributed by atoms with Crippen LogP contribution in [0.2, 0.25) is 10.0 Å². The molecule has 1 N–H and O–H groups in total. The minimum atomic E-state index is -4.70. The van der Waals surface area contributed by atoms with Crippen molar-refractivity contribution in [2.24, 2.45) is 0 Å². The van der Waals surface area contributed by atoms with Gasteiger partial charge in [0, 0.05) is 37.9 Å². The van der Waals surface area contributed by atoms with Gasteiger partial charge in [-0.25, -0.2) is 4.68 Å². The molecule has 1 saturated heterocycles. The van der Waals surface area contributed by atoms with Crippen LogP contribution in [0.15, 0.2) is 12.1 Å². The number of rotatable bonds is 8. The normalized spacial score (nSPS) is 16.2. The van der Waals surface area contributed by atoms with E-state index in [1.165, 1.54) is 6.92 Å². The maximum Gasteiger partial charge on any atom is 0.436 e. The molecule has 1 aliphatic rings. The maximum absolute atomic E-state index is 13.2. The summed E-state index contributed by atoms with van der Waals surface area (Å²) < 4.78 is 46.1. The summed E-state index contributed by atoms with van der Waals surface area (Å²) in [6.07, 6.45) is -4.33. The van der Waals surface area contributed by atoms with E-state index >= 15 is 0 Å².